The molecule has 0 aliphatic carbocycles. The number of rotatable bonds is 3. The minimum Gasteiger partial charge on any atom is -0.443 e. The van der Waals surface area contributed by atoms with E-state index in [4.69, 9.17) is 9.47 Å². The third-order valence-corrected chi connectivity index (χ3v) is 3.95. The number of methoxy groups -OCH3 is 1. The summed E-state index contributed by atoms with van der Waals surface area (Å²) >= 11 is 2.22. The summed E-state index contributed by atoms with van der Waals surface area (Å²) in [6.45, 7) is 5.40. The maximum absolute atomic E-state index is 12.5. The lowest BCUT2D eigenvalue weighted by atomic mass is 10.1. The van der Waals surface area contributed by atoms with Gasteiger partial charge in [-0.05, 0) is 67.1 Å². The molecule has 0 bridgehead atoms. The Morgan fingerprint density at radius 2 is 2.05 bits per heavy atom. The van der Waals surface area contributed by atoms with Crippen LogP contribution in [0.3, 0.4) is 0 Å². The van der Waals surface area contributed by atoms with E-state index in [1.807, 2.05) is 39.0 Å². The molecule has 6 heteroatoms. The first-order valence-corrected chi connectivity index (χ1v) is 8.13. The first kappa shape index (κ1) is 17.2. The summed E-state index contributed by atoms with van der Waals surface area (Å²) in [5.41, 5.74) is 1.11. The fourth-order valence-electron chi connectivity index (χ4n) is 2.45. The number of anilines is 1. The van der Waals surface area contributed by atoms with E-state index in [0.29, 0.717) is 6.42 Å². The van der Waals surface area contributed by atoms with Crippen LogP contribution in [0, 0.1) is 3.57 Å². The van der Waals surface area contributed by atoms with E-state index in [9.17, 15) is 9.59 Å². The number of nitrogens with zero attached hydrogens (tertiary/aromatic N) is 1. The third-order valence-electron chi connectivity index (χ3n) is 3.27. The van der Waals surface area contributed by atoms with Crippen molar-refractivity contribution in [3.8, 4) is 0 Å². The van der Waals surface area contributed by atoms with Crippen molar-refractivity contribution in [2.75, 3.05) is 18.6 Å². The summed E-state index contributed by atoms with van der Waals surface area (Å²) in [7, 11) is 1.47. The number of benzene rings is 1. The first-order valence-electron chi connectivity index (χ1n) is 7.05. The predicted octanol–water partition coefficient (Wildman–Crippen LogP) is 3.17. The van der Waals surface area contributed by atoms with Crippen molar-refractivity contribution >= 4 is 40.2 Å². The average molecular weight is 417 g/mol. The molecule has 0 radical (unpaired) electrons. The number of hydrogen-bond acceptors (Lipinski definition) is 4. The van der Waals surface area contributed by atoms with Crippen molar-refractivity contribution in [2.24, 2.45) is 0 Å². The SMILES string of the molecule is COCC(=O)[C@@H]1Cc2cc(I)ccc2N1C(=O)OC(C)(C)C. The number of ketones is 1. The maximum atomic E-state index is 12.5. The van der Waals surface area contributed by atoms with Gasteiger partial charge in [-0.2, -0.15) is 0 Å². The molecular formula is C16H20INO4. The Bertz CT molecular complexity index is 594. The van der Waals surface area contributed by atoms with Gasteiger partial charge in [0.1, 0.15) is 18.2 Å². The highest BCUT2D eigenvalue weighted by molar-refractivity contribution is 14.1. The Kier molecular flexibility index (Phi) is 5.11. The maximum Gasteiger partial charge on any atom is 0.415 e. The zero-order valence-corrected chi connectivity index (χ0v) is 15.3. The fourth-order valence-corrected chi connectivity index (χ4v) is 3.01. The molecule has 0 aromatic heterocycles. The zero-order valence-electron chi connectivity index (χ0n) is 13.2. The molecule has 1 amide bonds. The van der Waals surface area contributed by atoms with Crippen LogP contribution in [-0.2, 0) is 20.7 Å². The number of fused-ring (bicyclic) bond motifs is 1. The van der Waals surface area contributed by atoms with E-state index < -0.39 is 17.7 Å². The lowest BCUT2D eigenvalue weighted by Crippen LogP contribution is -2.46. The van der Waals surface area contributed by atoms with E-state index >= 15 is 0 Å². The van der Waals surface area contributed by atoms with Gasteiger partial charge in [-0.1, -0.05) is 0 Å². The van der Waals surface area contributed by atoms with Crippen LogP contribution in [0.5, 0.6) is 0 Å². The van der Waals surface area contributed by atoms with Crippen LogP contribution in [0.4, 0.5) is 10.5 Å². The fraction of sp³-hybridized carbons (Fsp3) is 0.500. The van der Waals surface area contributed by atoms with Gasteiger partial charge in [0.15, 0.2) is 5.78 Å². The Morgan fingerprint density at radius 1 is 1.36 bits per heavy atom. The summed E-state index contributed by atoms with van der Waals surface area (Å²) in [5, 5.41) is 0. The average Bonchev–Trinajstić information content (AvgIpc) is 2.75. The molecule has 0 fully saturated rings. The molecule has 1 aliphatic heterocycles. The molecule has 120 valence electrons. The van der Waals surface area contributed by atoms with Crippen molar-refractivity contribution in [1.29, 1.82) is 0 Å². The van der Waals surface area contributed by atoms with Crippen LogP contribution in [0.25, 0.3) is 0 Å². The molecule has 0 unspecified atom stereocenters. The molecule has 0 saturated heterocycles. The summed E-state index contributed by atoms with van der Waals surface area (Å²) in [4.78, 5) is 26.3. The van der Waals surface area contributed by atoms with E-state index in [-0.39, 0.29) is 12.4 Å². The van der Waals surface area contributed by atoms with Crippen molar-refractivity contribution < 1.29 is 19.1 Å². The molecule has 22 heavy (non-hydrogen) atoms. The quantitative estimate of drug-likeness (QED) is 0.710. The molecule has 1 atom stereocenters. The number of halogens is 1. The Morgan fingerprint density at radius 3 is 2.64 bits per heavy atom. The third kappa shape index (κ3) is 3.78. The summed E-state index contributed by atoms with van der Waals surface area (Å²) in [5.74, 6) is -0.125. The van der Waals surface area contributed by atoms with Gasteiger partial charge in [0, 0.05) is 17.1 Å². The van der Waals surface area contributed by atoms with Crippen LogP contribution in [0.15, 0.2) is 18.2 Å². The van der Waals surface area contributed by atoms with Crippen LogP contribution in [-0.4, -0.2) is 37.2 Å². The van der Waals surface area contributed by atoms with Gasteiger partial charge in [-0.25, -0.2) is 4.79 Å². The van der Waals surface area contributed by atoms with Crippen LogP contribution in [0.1, 0.15) is 26.3 Å². The van der Waals surface area contributed by atoms with Crippen molar-refractivity contribution in [3.63, 3.8) is 0 Å². The molecule has 0 spiro atoms. The summed E-state index contributed by atoms with van der Waals surface area (Å²) in [6, 6.07) is 5.21. The van der Waals surface area contributed by atoms with E-state index in [2.05, 4.69) is 22.6 Å². The smallest absolute Gasteiger partial charge is 0.415 e. The summed E-state index contributed by atoms with van der Waals surface area (Å²) < 4.78 is 11.5. The molecule has 1 heterocycles. The minimum absolute atomic E-state index is 0.0188. The van der Waals surface area contributed by atoms with Crippen LogP contribution >= 0.6 is 22.6 Å². The minimum atomic E-state index is -0.613. The molecule has 1 aliphatic rings. The molecule has 5 nitrogen and oxygen atoms in total. The molecule has 1 aromatic carbocycles. The first-order chi connectivity index (χ1) is 10.2. The van der Waals surface area contributed by atoms with E-state index in [1.165, 1.54) is 12.0 Å². The van der Waals surface area contributed by atoms with Crippen molar-refractivity contribution in [1.82, 2.24) is 0 Å². The molecule has 0 saturated carbocycles. The van der Waals surface area contributed by atoms with Gasteiger partial charge in [0.05, 0.1) is 5.69 Å². The Labute approximate surface area is 144 Å². The second kappa shape index (κ2) is 6.54. The van der Waals surface area contributed by atoms with Crippen molar-refractivity contribution in [3.05, 3.63) is 27.3 Å². The number of amides is 1. The predicted molar refractivity (Wildman–Crippen MR) is 92.2 cm³/mol. The van der Waals surface area contributed by atoms with Gasteiger partial charge in [-0.3, -0.25) is 9.69 Å². The topological polar surface area (TPSA) is 55.8 Å². The van der Waals surface area contributed by atoms with Crippen LogP contribution < -0.4 is 4.90 Å². The Hall–Kier alpha value is -1.15. The van der Waals surface area contributed by atoms with Crippen molar-refractivity contribution in [2.45, 2.75) is 38.8 Å². The monoisotopic (exact) mass is 417 g/mol. The Balaban J connectivity index is 2.36. The molecular weight excluding hydrogens is 397 g/mol. The van der Waals surface area contributed by atoms with Gasteiger partial charge >= 0.3 is 6.09 Å². The zero-order chi connectivity index (χ0) is 16.5. The number of carbonyl (C=O) groups is 2. The highest BCUT2D eigenvalue weighted by Crippen LogP contribution is 2.35. The lowest BCUT2D eigenvalue weighted by molar-refractivity contribution is -0.123. The lowest BCUT2D eigenvalue weighted by Gasteiger charge is -2.28. The normalized spacial score (nSPS) is 17.3. The highest BCUT2D eigenvalue weighted by Gasteiger charge is 2.40. The molecule has 1 aromatic rings. The number of carbonyl (C=O) groups excluding carboxylic acids is 2. The number of hydrogen-bond donors (Lipinski definition) is 0. The summed E-state index contributed by atoms with van der Waals surface area (Å²) in [6.07, 6.45) is -0.00457. The van der Waals surface area contributed by atoms with Gasteiger partial charge < -0.3 is 9.47 Å². The van der Waals surface area contributed by atoms with Gasteiger partial charge in [0.2, 0.25) is 0 Å². The van der Waals surface area contributed by atoms with Gasteiger partial charge in [0.25, 0.3) is 0 Å². The standard InChI is InChI=1S/C16H20INO4/c1-16(2,3)22-15(20)18-12-6-5-11(17)7-10(12)8-13(18)14(19)9-21-4/h5-7,13H,8-9H2,1-4H3/t13-/m0/s1. The molecule has 0 N–H and O–H groups in total. The number of ether oxygens (including phenoxy) is 2. The highest BCUT2D eigenvalue weighted by atomic mass is 127. The second-order valence-corrected chi connectivity index (χ2v) is 7.49. The molecule has 2 rings (SSSR count). The van der Waals surface area contributed by atoms with Crippen LogP contribution in [0.2, 0.25) is 0 Å². The largest absolute Gasteiger partial charge is 0.443 e. The van der Waals surface area contributed by atoms with E-state index in [0.717, 1.165) is 14.8 Å². The van der Waals surface area contributed by atoms with E-state index in [1.54, 1.807) is 0 Å². The van der Waals surface area contributed by atoms with Gasteiger partial charge in [-0.15, -0.1) is 0 Å². The number of Topliss-reactive ketones (excluding diaryl/α,β-unsaturated/α-hetero) is 1. The second-order valence-electron chi connectivity index (χ2n) is 6.24.